The van der Waals surface area contributed by atoms with Crippen molar-refractivity contribution in [3.05, 3.63) is 34.1 Å². The zero-order valence-corrected chi connectivity index (χ0v) is 14.2. The van der Waals surface area contributed by atoms with Crippen LogP contribution in [0.1, 0.15) is 32.3 Å². The number of benzene rings is 1. The van der Waals surface area contributed by atoms with Crippen LogP contribution in [-0.4, -0.2) is 26.8 Å². The van der Waals surface area contributed by atoms with Gasteiger partial charge < -0.3 is 10.1 Å². The molecule has 0 radical (unpaired) electrons. The molecular formula is C16H25BrFNO. The SMILES string of the molecule is CCCC(C)(CNCCOC)Cc1ccc(Br)cc1F. The van der Waals surface area contributed by atoms with Crippen LogP contribution >= 0.6 is 15.9 Å². The highest BCUT2D eigenvalue weighted by atomic mass is 79.9. The zero-order valence-electron chi connectivity index (χ0n) is 12.6. The molecule has 0 bridgehead atoms. The molecule has 1 unspecified atom stereocenters. The maximum Gasteiger partial charge on any atom is 0.127 e. The van der Waals surface area contributed by atoms with Crippen LogP contribution in [0.3, 0.4) is 0 Å². The third-order valence-corrected chi connectivity index (χ3v) is 4.01. The molecule has 114 valence electrons. The minimum absolute atomic E-state index is 0.0666. The fourth-order valence-corrected chi connectivity index (χ4v) is 2.87. The summed E-state index contributed by atoms with van der Waals surface area (Å²) in [5, 5.41) is 3.41. The number of nitrogens with one attached hydrogen (secondary N) is 1. The van der Waals surface area contributed by atoms with Crippen molar-refractivity contribution in [2.75, 3.05) is 26.8 Å². The Hall–Kier alpha value is -0.450. The number of hydrogen-bond acceptors (Lipinski definition) is 2. The summed E-state index contributed by atoms with van der Waals surface area (Å²) >= 11 is 3.30. The Morgan fingerprint density at radius 1 is 1.40 bits per heavy atom. The van der Waals surface area contributed by atoms with Crippen molar-refractivity contribution >= 4 is 15.9 Å². The molecule has 0 heterocycles. The van der Waals surface area contributed by atoms with Crippen molar-refractivity contribution in [1.82, 2.24) is 5.32 Å². The molecule has 0 amide bonds. The summed E-state index contributed by atoms with van der Waals surface area (Å²) in [5.74, 6) is -0.126. The average molecular weight is 346 g/mol. The molecule has 2 nitrogen and oxygen atoms in total. The van der Waals surface area contributed by atoms with Crippen LogP contribution in [0.5, 0.6) is 0 Å². The molecular weight excluding hydrogens is 321 g/mol. The second kappa shape index (κ2) is 8.75. The summed E-state index contributed by atoms with van der Waals surface area (Å²) in [7, 11) is 1.70. The average Bonchev–Trinajstić information content (AvgIpc) is 2.39. The van der Waals surface area contributed by atoms with Crippen LogP contribution in [0.2, 0.25) is 0 Å². The lowest BCUT2D eigenvalue weighted by molar-refractivity contribution is 0.189. The molecule has 1 aromatic rings. The van der Waals surface area contributed by atoms with Gasteiger partial charge in [0.05, 0.1) is 6.61 Å². The Bertz CT molecular complexity index is 413. The van der Waals surface area contributed by atoms with Crippen molar-refractivity contribution in [3.8, 4) is 0 Å². The Kier molecular flexibility index (Phi) is 7.70. The standard InChI is InChI=1S/C16H25BrFNO/c1-4-7-16(2,12-19-8-9-20-3)11-13-5-6-14(17)10-15(13)18/h5-6,10,19H,4,7-9,11-12H2,1-3H3. The van der Waals surface area contributed by atoms with E-state index in [2.05, 4.69) is 35.1 Å². The molecule has 0 saturated heterocycles. The molecule has 1 N–H and O–H groups in total. The first-order valence-corrected chi connectivity index (χ1v) is 7.93. The molecule has 1 rings (SSSR count). The molecule has 0 aromatic heterocycles. The van der Waals surface area contributed by atoms with Gasteiger partial charge in [-0.1, -0.05) is 42.3 Å². The predicted octanol–water partition coefficient (Wildman–Crippen LogP) is 4.17. The Morgan fingerprint density at radius 3 is 2.75 bits per heavy atom. The smallest absolute Gasteiger partial charge is 0.127 e. The second-order valence-electron chi connectivity index (χ2n) is 5.64. The van der Waals surface area contributed by atoms with E-state index in [1.54, 1.807) is 13.2 Å². The van der Waals surface area contributed by atoms with Crippen molar-refractivity contribution in [2.24, 2.45) is 5.41 Å². The number of rotatable bonds is 9. The maximum atomic E-state index is 14.0. The van der Waals surface area contributed by atoms with E-state index in [0.717, 1.165) is 42.4 Å². The number of ether oxygens (including phenoxy) is 1. The van der Waals surface area contributed by atoms with Crippen LogP contribution in [-0.2, 0) is 11.2 Å². The van der Waals surface area contributed by atoms with Gasteiger partial charge in [0.1, 0.15) is 5.82 Å². The molecule has 1 atom stereocenters. The van der Waals surface area contributed by atoms with Crippen molar-refractivity contribution in [3.63, 3.8) is 0 Å². The highest BCUT2D eigenvalue weighted by Gasteiger charge is 2.24. The fraction of sp³-hybridized carbons (Fsp3) is 0.625. The Balaban J connectivity index is 2.69. The van der Waals surface area contributed by atoms with Gasteiger partial charge in [-0.25, -0.2) is 4.39 Å². The molecule has 0 fully saturated rings. The van der Waals surface area contributed by atoms with Crippen LogP contribution in [0, 0.1) is 11.2 Å². The molecule has 20 heavy (non-hydrogen) atoms. The number of hydrogen-bond donors (Lipinski definition) is 1. The quantitative estimate of drug-likeness (QED) is 0.678. The molecule has 0 saturated carbocycles. The van der Waals surface area contributed by atoms with E-state index in [1.807, 2.05) is 12.1 Å². The first kappa shape index (κ1) is 17.6. The van der Waals surface area contributed by atoms with Crippen LogP contribution in [0.15, 0.2) is 22.7 Å². The normalized spacial score (nSPS) is 14.2. The van der Waals surface area contributed by atoms with Gasteiger partial charge in [-0.15, -0.1) is 0 Å². The molecule has 0 aliphatic carbocycles. The summed E-state index contributed by atoms with van der Waals surface area (Å²) in [6.45, 7) is 6.80. The molecule has 0 aliphatic rings. The summed E-state index contributed by atoms with van der Waals surface area (Å²) in [6, 6.07) is 5.33. The van der Waals surface area contributed by atoms with E-state index < -0.39 is 0 Å². The first-order chi connectivity index (χ1) is 9.50. The largest absolute Gasteiger partial charge is 0.383 e. The molecule has 0 aliphatic heterocycles. The Morgan fingerprint density at radius 2 is 2.15 bits per heavy atom. The fourth-order valence-electron chi connectivity index (χ4n) is 2.53. The van der Waals surface area contributed by atoms with Gasteiger partial charge >= 0.3 is 0 Å². The van der Waals surface area contributed by atoms with E-state index in [9.17, 15) is 4.39 Å². The van der Waals surface area contributed by atoms with Crippen LogP contribution in [0.4, 0.5) is 4.39 Å². The van der Waals surface area contributed by atoms with Crippen LogP contribution < -0.4 is 5.32 Å². The third kappa shape index (κ3) is 5.90. The predicted molar refractivity (Wildman–Crippen MR) is 85.6 cm³/mol. The second-order valence-corrected chi connectivity index (χ2v) is 6.56. The number of halogens is 2. The lowest BCUT2D eigenvalue weighted by Crippen LogP contribution is -2.35. The van der Waals surface area contributed by atoms with Crippen molar-refractivity contribution in [1.29, 1.82) is 0 Å². The van der Waals surface area contributed by atoms with Gasteiger partial charge in [-0.2, -0.15) is 0 Å². The van der Waals surface area contributed by atoms with Gasteiger partial charge in [-0.05, 0) is 36.0 Å². The van der Waals surface area contributed by atoms with E-state index in [-0.39, 0.29) is 11.2 Å². The van der Waals surface area contributed by atoms with E-state index >= 15 is 0 Å². The van der Waals surface area contributed by atoms with Gasteiger partial charge in [0, 0.05) is 24.7 Å². The van der Waals surface area contributed by atoms with Gasteiger partial charge in [0.15, 0.2) is 0 Å². The molecule has 1 aromatic carbocycles. The third-order valence-electron chi connectivity index (χ3n) is 3.52. The highest BCUT2D eigenvalue weighted by molar-refractivity contribution is 9.10. The van der Waals surface area contributed by atoms with E-state index in [4.69, 9.17) is 4.74 Å². The highest BCUT2D eigenvalue weighted by Crippen LogP contribution is 2.29. The maximum absolute atomic E-state index is 14.0. The molecule has 4 heteroatoms. The summed E-state index contributed by atoms with van der Waals surface area (Å²) in [5.41, 5.74) is 0.856. The first-order valence-electron chi connectivity index (χ1n) is 7.14. The van der Waals surface area contributed by atoms with Crippen molar-refractivity contribution in [2.45, 2.75) is 33.1 Å². The van der Waals surface area contributed by atoms with Gasteiger partial charge in [0.2, 0.25) is 0 Å². The van der Waals surface area contributed by atoms with E-state index in [0.29, 0.717) is 6.61 Å². The summed E-state index contributed by atoms with van der Waals surface area (Å²) < 4.78 is 19.8. The number of methoxy groups -OCH3 is 1. The minimum atomic E-state index is -0.126. The molecule has 0 spiro atoms. The minimum Gasteiger partial charge on any atom is -0.383 e. The lowest BCUT2D eigenvalue weighted by atomic mass is 9.79. The van der Waals surface area contributed by atoms with Gasteiger partial charge in [0.25, 0.3) is 0 Å². The topological polar surface area (TPSA) is 21.3 Å². The Labute approximate surface area is 130 Å². The summed E-state index contributed by atoms with van der Waals surface area (Å²) in [4.78, 5) is 0. The lowest BCUT2D eigenvalue weighted by Gasteiger charge is -2.30. The van der Waals surface area contributed by atoms with Crippen LogP contribution in [0.25, 0.3) is 0 Å². The summed E-state index contributed by atoms with van der Waals surface area (Å²) in [6.07, 6.45) is 2.92. The van der Waals surface area contributed by atoms with Crippen molar-refractivity contribution < 1.29 is 9.13 Å². The van der Waals surface area contributed by atoms with E-state index in [1.165, 1.54) is 0 Å². The van der Waals surface area contributed by atoms with Gasteiger partial charge in [-0.3, -0.25) is 0 Å². The zero-order chi connectivity index (χ0) is 15.0. The monoisotopic (exact) mass is 345 g/mol.